The lowest BCUT2D eigenvalue weighted by Crippen LogP contribution is -2.64. The smallest absolute Gasteiger partial charge is 0.252 e. The van der Waals surface area contributed by atoms with Crippen LogP contribution in [-0.4, -0.2) is 25.5 Å². The molecule has 0 spiro atoms. The molecule has 496 valence electrons. The zero-order valence-electron chi connectivity index (χ0n) is 58.8. The lowest BCUT2D eigenvalue weighted by Gasteiger charge is -2.57. The van der Waals surface area contributed by atoms with Crippen molar-refractivity contribution in [2.24, 2.45) is 11.8 Å². The monoisotopic (exact) mass is 1350 g/mol. The molecule has 6 aliphatic heterocycles. The lowest BCUT2D eigenvalue weighted by molar-refractivity contribution is 0.0900. The van der Waals surface area contributed by atoms with E-state index >= 15 is 0 Å². The van der Waals surface area contributed by atoms with Crippen molar-refractivity contribution in [3.63, 3.8) is 0 Å². The van der Waals surface area contributed by atoms with Crippen LogP contribution in [0, 0.1) is 11.8 Å². The van der Waals surface area contributed by atoms with E-state index in [0.29, 0.717) is 12.1 Å². The van der Waals surface area contributed by atoms with Gasteiger partial charge in [0, 0.05) is 89.6 Å². The summed E-state index contributed by atoms with van der Waals surface area (Å²) >= 11 is 2.02. The molecule has 0 aromatic heterocycles. The minimum absolute atomic E-state index is 0.0527. The minimum Gasteiger partial charge on any atom is -0.365 e. The van der Waals surface area contributed by atoms with Crippen molar-refractivity contribution in [1.29, 1.82) is 0 Å². The van der Waals surface area contributed by atoms with Crippen molar-refractivity contribution < 1.29 is 0 Å². The molecule has 0 N–H and O–H groups in total. The van der Waals surface area contributed by atoms with Gasteiger partial charge in [-0.2, -0.15) is 0 Å². The van der Waals surface area contributed by atoms with Crippen molar-refractivity contribution in [2.45, 2.75) is 80.2 Å². The Hall–Kier alpha value is -11.2. The van der Waals surface area contributed by atoms with Gasteiger partial charge < -0.3 is 19.6 Å². The van der Waals surface area contributed by atoms with Gasteiger partial charge in [0.2, 0.25) is 6.71 Å². The standard InChI is InChI=1S/C97H76B2N4S/c1-97(2,3)72-56-88-93-89(57-72)103(96-79(68-37-19-8-20-38-68)54-71(65-31-13-5-14-32-65)55-80(96)69-39-21-9-22-40-69)87-61-91-84(99-81-43-25-27-45-85(81)101(73-41-23-10-24-42-73)90-58-76(59-92(104-91)94(90)99)100-74-48-62-47-63(50-74)51-75(100)49-62)60-83(87)98(93)82-44-26-28-46-86(82)102(88)95-77(66-33-15-6-16-34-66)52-70(64-29-11-4-12-30-64)53-78(95)67-35-17-7-18-36-67/h4-46,52-63,74-75H,47-51H2,1-3H3. The maximum absolute atomic E-state index is 2.93. The molecule has 2 aliphatic carbocycles. The number of rotatable bonds is 10. The number of benzene rings is 14. The van der Waals surface area contributed by atoms with E-state index in [2.05, 4.69) is 362 Å². The van der Waals surface area contributed by atoms with Crippen molar-refractivity contribution in [1.82, 2.24) is 0 Å². The summed E-state index contributed by atoms with van der Waals surface area (Å²) in [6.07, 6.45) is 6.64. The molecule has 14 aromatic rings. The highest BCUT2D eigenvalue weighted by molar-refractivity contribution is 8.00. The summed E-state index contributed by atoms with van der Waals surface area (Å²) in [4.78, 5) is 13.7. The first kappa shape index (κ1) is 61.4. The van der Waals surface area contributed by atoms with Crippen LogP contribution < -0.4 is 52.4 Å². The molecule has 0 unspecified atom stereocenters. The van der Waals surface area contributed by atoms with Crippen molar-refractivity contribution in [3.05, 3.63) is 327 Å². The Balaban J connectivity index is 0.893. The first-order valence-electron chi connectivity index (χ1n) is 37.5. The molecule has 4 fully saturated rings. The Bertz CT molecular complexity index is 5580. The molecule has 4 bridgehead atoms. The molecular formula is C97H76B2N4S. The quantitative estimate of drug-likeness (QED) is 0.126. The Kier molecular flexibility index (Phi) is 14.3. The van der Waals surface area contributed by atoms with Crippen molar-refractivity contribution >= 4 is 115 Å². The second-order valence-electron chi connectivity index (χ2n) is 31.1. The number of hydrogen-bond donors (Lipinski definition) is 0. The van der Waals surface area contributed by atoms with Crippen LogP contribution in [0.25, 0.3) is 66.8 Å². The van der Waals surface area contributed by atoms with E-state index in [-0.39, 0.29) is 18.8 Å². The SMILES string of the molecule is CC(C)(C)c1cc2c3c(c1)N(c1c(-c4ccccc4)cc(-c4ccccc4)cc1-c1ccccc1)c1cc4c(cc1B3c1ccccc1N2c1c(-c2ccccc2)cc(-c2ccccc2)cc1-c1ccccc1)B1c2ccccc2N(c2ccccc2)c2cc(N3C5CC6CC(C5)CC3C6)cc(c21)S4. The Morgan fingerprint density at radius 2 is 0.673 bits per heavy atom. The van der Waals surface area contributed by atoms with Crippen LogP contribution in [0.5, 0.6) is 0 Å². The van der Waals surface area contributed by atoms with Crippen LogP contribution in [0.15, 0.2) is 331 Å². The summed E-state index contributed by atoms with van der Waals surface area (Å²) in [7, 11) is 0. The van der Waals surface area contributed by atoms with Crippen LogP contribution in [-0.2, 0) is 5.41 Å². The average Bonchev–Trinajstić information content (AvgIpc) is 0.697. The van der Waals surface area contributed by atoms with Crippen LogP contribution in [0.3, 0.4) is 0 Å². The van der Waals surface area contributed by atoms with E-state index in [4.69, 9.17) is 0 Å². The number of para-hydroxylation sites is 3. The Morgan fingerprint density at radius 3 is 1.12 bits per heavy atom. The van der Waals surface area contributed by atoms with Gasteiger partial charge in [-0.15, -0.1) is 0 Å². The van der Waals surface area contributed by atoms with Crippen LogP contribution in [0.2, 0.25) is 0 Å². The zero-order valence-corrected chi connectivity index (χ0v) is 59.6. The van der Waals surface area contributed by atoms with E-state index in [0.717, 1.165) is 45.5 Å². The van der Waals surface area contributed by atoms with Gasteiger partial charge in [0.15, 0.2) is 0 Å². The van der Waals surface area contributed by atoms with Gasteiger partial charge in [-0.3, -0.25) is 0 Å². The molecular weight excluding hydrogens is 1270 g/mol. The largest absolute Gasteiger partial charge is 0.365 e. The topological polar surface area (TPSA) is 13.0 Å². The number of hydrogen-bond acceptors (Lipinski definition) is 5. The predicted molar refractivity (Wildman–Crippen MR) is 442 cm³/mol. The average molecular weight is 1350 g/mol. The summed E-state index contributed by atoms with van der Waals surface area (Å²) in [5.41, 5.74) is 35.2. The third-order valence-electron chi connectivity index (χ3n) is 24.0. The summed E-state index contributed by atoms with van der Waals surface area (Å²) < 4.78 is 0. The fraction of sp³-hybridized carbons (Fsp3) is 0.134. The van der Waals surface area contributed by atoms with E-state index < -0.39 is 0 Å². The first-order valence-corrected chi connectivity index (χ1v) is 38.3. The zero-order chi connectivity index (χ0) is 68.9. The van der Waals surface area contributed by atoms with Crippen molar-refractivity contribution in [3.8, 4) is 66.8 Å². The molecule has 0 atom stereocenters. The van der Waals surface area contributed by atoms with Crippen molar-refractivity contribution in [2.75, 3.05) is 19.6 Å². The first-order chi connectivity index (χ1) is 51.2. The molecule has 8 aliphatic rings. The molecule has 0 radical (unpaired) electrons. The number of piperidine rings is 2. The van der Waals surface area contributed by atoms with Gasteiger partial charge in [-0.25, -0.2) is 0 Å². The Morgan fingerprint density at radius 1 is 0.288 bits per heavy atom. The molecule has 2 saturated heterocycles. The fourth-order valence-electron chi connectivity index (χ4n) is 19.7. The van der Waals surface area contributed by atoms with Crippen LogP contribution in [0.4, 0.5) is 56.9 Å². The fourth-order valence-corrected chi connectivity index (χ4v) is 20.9. The van der Waals surface area contributed by atoms with Gasteiger partial charge in [0.25, 0.3) is 6.71 Å². The van der Waals surface area contributed by atoms with E-state index in [9.17, 15) is 0 Å². The minimum atomic E-state index is -0.293. The second kappa shape index (κ2) is 24.2. The highest BCUT2D eigenvalue weighted by Crippen LogP contribution is 2.57. The van der Waals surface area contributed by atoms with Gasteiger partial charge in [0.05, 0.1) is 11.4 Å². The van der Waals surface area contributed by atoms with Crippen LogP contribution >= 0.6 is 11.8 Å². The normalized spacial score (nSPS) is 17.6. The molecule has 7 heteroatoms. The third kappa shape index (κ3) is 9.83. The molecule has 22 rings (SSSR count). The second-order valence-corrected chi connectivity index (χ2v) is 32.2. The highest BCUT2D eigenvalue weighted by Gasteiger charge is 2.51. The van der Waals surface area contributed by atoms with Gasteiger partial charge in [-0.05, 0) is 206 Å². The summed E-state index contributed by atoms with van der Waals surface area (Å²) in [6, 6.07) is 124. The predicted octanol–water partition coefficient (Wildman–Crippen LogP) is 21.6. The number of nitrogens with zero attached hydrogens (tertiary/aromatic N) is 4. The Labute approximate surface area is 616 Å². The molecule has 4 nitrogen and oxygen atoms in total. The highest BCUT2D eigenvalue weighted by atomic mass is 32.2. The van der Waals surface area contributed by atoms with Gasteiger partial charge >= 0.3 is 0 Å². The molecule has 2 saturated carbocycles. The number of anilines is 10. The molecule has 104 heavy (non-hydrogen) atoms. The summed E-state index contributed by atoms with van der Waals surface area (Å²) in [5, 5.41) is 0. The third-order valence-corrected chi connectivity index (χ3v) is 25.2. The summed E-state index contributed by atoms with van der Waals surface area (Å²) in [5.74, 6) is 1.70. The van der Waals surface area contributed by atoms with Gasteiger partial charge in [-0.1, -0.05) is 281 Å². The molecule has 6 heterocycles. The molecule has 0 amide bonds. The van der Waals surface area contributed by atoms with Gasteiger partial charge in [0.1, 0.15) is 0 Å². The number of fused-ring (bicyclic) bond motifs is 8. The van der Waals surface area contributed by atoms with E-state index in [1.807, 2.05) is 11.8 Å². The maximum atomic E-state index is 2.93. The van der Waals surface area contributed by atoms with E-state index in [1.54, 1.807) is 0 Å². The maximum Gasteiger partial charge on any atom is 0.252 e. The summed E-state index contributed by atoms with van der Waals surface area (Å²) in [6.45, 7) is 6.99. The van der Waals surface area contributed by atoms with Crippen LogP contribution in [0.1, 0.15) is 58.4 Å². The lowest BCUT2D eigenvalue weighted by atomic mass is 9.31. The van der Waals surface area contributed by atoms with E-state index in [1.165, 1.54) is 170 Å². The molecule has 14 aromatic carbocycles.